The van der Waals surface area contributed by atoms with Gasteiger partial charge in [-0.2, -0.15) is 0 Å². The standard InChI is InChI=1S/C9H13ClN2O2S/c1-8-5-9(7-11-6-8)12-15(13,14)4-2-3-10/h5-7,12H,2-4H2,1H3. The molecule has 0 saturated carbocycles. The number of hydrogen-bond donors (Lipinski definition) is 1. The highest BCUT2D eigenvalue weighted by molar-refractivity contribution is 7.92. The van der Waals surface area contributed by atoms with Gasteiger partial charge in [0.2, 0.25) is 10.0 Å². The summed E-state index contributed by atoms with van der Waals surface area (Å²) in [6.45, 7) is 1.85. The zero-order chi connectivity index (χ0) is 11.3. The van der Waals surface area contributed by atoms with Gasteiger partial charge in [-0.25, -0.2) is 8.42 Å². The summed E-state index contributed by atoms with van der Waals surface area (Å²) in [7, 11) is -3.29. The number of hydrogen-bond acceptors (Lipinski definition) is 3. The van der Waals surface area contributed by atoms with Crippen LogP contribution < -0.4 is 4.72 Å². The molecule has 0 aromatic carbocycles. The number of rotatable bonds is 5. The van der Waals surface area contributed by atoms with Crippen molar-refractivity contribution in [3.63, 3.8) is 0 Å². The monoisotopic (exact) mass is 248 g/mol. The molecule has 1 heterocycles. The van der Waals surface area contributed by atoms with Crippen molar-refractivity contribution < 1.29 is 8.42 Å². The molecule has 0 spiro atoms. The average molecular weight is 249 g/mol. The van der Waals surface area contributed by atoms with Crippen LogP contribution >= 0.6 is 11.6 Å². The van der Waals surface area contributed by atoms with Gasteiger partial charge in [0.1, 0.15) is 0 Å². The van der Waals surface area contributed by atoms with E-state index in [-0.39, 0.29) is 5.75 Å². The van der Waals surface area contributed by atoms with Crippen molar-refractivity contribution in [1.82, 2.24) is 4.98 Å². The van der Waals surface area contributed by atoms with Crippen LogP contribution in [0.1, 0.15) is 12.0 Å². The fourth-order valence-electron chi connectivity index (χ4n) is 1.09. The first-order chi connectivity index (χ1) is 7.03. The van der Waals surface area contributed by atoms with Crippen LogP contribution in [0.25, 0.3) is 0 Å². The topological polar surface area (TPSA) is 59.1 Å². The van der Waals surface area contributed by atoms with Gasteiger partial charge in [0.25, 0.3) is 0 Å². The van der Waals surface area contributed by atoms with Crippen LogP contribution in [0.2, 0.25) is 0 Å². The van der Waals surface area contributed by atoms with Gasteiger partial charge in [-0.05, 0) is 25.0 Å². The molecular weight excluding hydrogens is 236 g/mol. The molecule has 0 aliphatic carbocycles. The van der Waals surface area contributed by atoms with Gasteiger partial charge in [0.05, 0.1) is 17.6 Å². The minimum absolute atomic E-state index is 0.0322. The molecule has 1 rings (SSSR count). The first-order valence-corrected chi connectivity index (χ1v) is 6.70. The molecule has 4 nitrogen and oxygen atoms in total. The van der Waals surface area contributed by atoms with Crippen LogP contribution in [0.4, 0.5) is 5.69 Å². The highest BCUT2D eigenvalue weighted by Crippen LogP contribution is 2.10. The third-order valence-electron chi connectivity index (χ3n) is 1.70. The molecule has 1 aromatic rings. The Morgan fingerprint density at radius 2 is 2.20 bits per heavy atom. The molecule has 15 heavy (non-hydrogen) atoms. The summed E-state index contributed by atoms with van der Waals surface area (Å²) in [5.41, 5.74) is 1.40. The molecule has 1 aromatic heterocycles. The summed E-state index contributed by atoms with van der Waals surface area (Å²) in [5.74, 6) is 0.372. The number of nitrogens with zero attached hydrogens (tertiary/aromatic N) is 1. The zero-order valence-electron chi connectivity index (χ0n) is 8.40. The van der Waals surface area contributed by atoms with Crippen LogP contribution in [0.3, 0.4) is 0 Å². The average Bonchev–Trinajstić information content (AvgIpc) is 2.14. The van der Waals surface area contributed by atoms with Crippen LogP contribution in [0, 0.1) is 6.92 Å². The summed E-state index contributed by atoms with van der Waals surface area (Å²) in [4.78, 5) is 3.90. The molecule has 0 aliphatic rings. The second-order valence-electron chi connectivity index (χ2n) is 3.21. The van der Waals surface area contributed by atoms with Crippen LogP contribution in [0.5, 0.6) is 0 Å². The van der Waals surface area contributed by atoms with E-state index in [9.17, 15) is 8.42 Å². The fourth-order valence-corrected chi connectivity index (χ4v) is 2.48. The SMILES string of the molecule is Cc1cncc(NS(=O)(=O)CCCCl)c1. The maximum absolute atomic E-state index is 11.5. The first-order valence-electron chi connectivity index (χ1n) is 4.51. The molecule has 0 aliphatic heterocycles. The Labute approximate surface area is 94.7 Å². The Bertz CT molecular complexity index is 420. The first kappa shape index (κ1) is 12.3. The zero-order valence-corrected chi connectivity index (χ0v) is 9.98. The van der Waals surface area contributed by atoms with Gasteiger partial charge in [-0.15, -0.1) is 11.6 Å². The lowest BCUT2D eigenvalue weighted by Gasteiger charge is -2.06. The molecule has 0 atom stereocenters. The van der Waals surface area contributed by atoms with Gasteiger partial charge < -0.3 is 0 Å². The molecule has 0 unspecified atom stereocenters. The van der Waals surface area contributed by atoms with E-state index < -0.39 is 10.0 Å². The summed E-state index contributed by atoms with van der Waals surface area (Å²) >= 11 is 5.43. The molecule has 0 saturated heterocycles. The maximum Gasteiger partial charge on any atom is 0.232 e. The number of alkyl halides is 1. The quantitative estimate of drug-likeness (QED) is 0.808. The van der Waals surface area contributed by atoms with Crippen LogP contribution in [0.15, 0.2) is 18.5 Å². The molecule has 1 N–H and O–H groups in total. The number of nitrogens with one attached hydrogen (secondary N) is 1. The molecular formula is C9H13ClN2O2S. The summed E-state index contributed by atoms with van der Waals surface area (Å²) in [6, 6.07) is 1.73. The molecule has 84 valence electrons. The number of anilines is 1. The molecule has 0 amide bonds. The number of halogens is 1. The second-order valence-corrected chi connectivity index (χ2v) is 5.43. The van der Waals surface area contributed by atoms with Gasteiger partial charge in [-0.3, -0.25) is 9.71 Å². The van der Waals surface area contributed by atoms with Crippen molar-refractivity contribution in [3.8, 4) is 0 Å². The Morgan fingerprint density at radius 3 is 2.80 bits per heavy atom. The highest BCUT2D eigenvalue weighted by atomic mass is 35.5. The number of pyridine rings is 1. The van der Waals surface area contributed by atoms with Gasteiger partial charge in [0.15, 0.2) is 0 Å². The van der Waals surface area contributed by atoms with E-state index in [2.05, 4.69) is 9.71 Å². The highest BCUT2D eigenvalue weighted by Gasteiger charge is 2.09. The Hall–Kier alpha value is -0.810. The van der Waals surface area contributed by atoms with E-state index in [0.29, 0.717) is 18.0 Å². The van der Waals surface area contributed by atoms with Crippen LogP contribution in [-0.4, -0.2) is 25.0 Å². The summed E-state index contributed by atoms with van der Waals surface area (Å²) < 4.78 is 25.4. The fraction of sp³-hybridized carbons (Fsp3) is 0.444. The molecule has 0 bridgehead atoms. The molecule has 6 heteroatoms. The third kappa shape index (κ3) is 4.48. The predicted octanol–water partition coefficient (Wildman–Crippen LogP) is 1.76. The van der Waals surface area contributed by atoms with Crippen molar-refractivity contribution >= 4 is 27.3 Å². The Balaban J connectivity index is 2.69. The smallest absolute Gasteiger partial charge is 0.232 e. The van der Waals surface area contributed by atoms with E-state index in [1.807, 2.05) is 6.92 Å². The number of aromatic nitrogens is 1. The maximum atomic E-state index is 11.5. The minimum atomic E-state index is -3.29. The Morgan fingerprint density at radius 1 is 1.47 bits per heavy atom. The van der Waals surface area contributed by atoms with E-state index >= 15 is 0 Å². The largest absolute Gasteiger partial charge is 0.282 e. The van der Waals surface area contributed by atoms with Crippen molar-refractivity contribution in [2.45, 2.75) is 13.3 Å². The van der Waals surface area contributed by atoms with E-state index in [1.165, 1.54) is 6.20 Å². The summed E-state index contributed by atoms with van der Waals surface area (Å²) in [6.07, 6.45) is 3.58. The van der Waals surface area contributed by atoms with Crippen molar-refractivity contribution in [2.75, 3.05) is 16.4 Å². The van der Waals surface area contributed by atoms with Gasteiger partial charge in [-0.1, -0.05) is 0 Å². The van der Waals surface area contributed by atoms with Crippen molar-refractivity contribution in [2.24, 2.45) is 0 Å². The number of sulfonamides is 1. The molecule has 0 radical (unpaired) electrons. The van der Waals surface area contributed by atoms with Gasteiger partial charge in [0, 0.05) is 12.1 Å². The Kier molecular flexibility index (Phi) is 4.35. The normalized spacial score (nSPS) is 11.3. The number of aryl methyl sites for hydroxylation is 1. The lowest BCUT2D eigenvalue weighted by atomic mass is 10.3. The van der Waals surface area contributed by atoms with Crippen molar-refractivity contribution in [1.29, 1.82) is 0 Å². The van der Waals surface area contributed by atoms with E-state index in [0.717, 1.165) is 5.56 Å². The van der Waals surface area contributed by atoms with Crippen LogP contribution in [-0.2, 0) is 10.0 Å². The molecule has 0 fully saturated rings. The van der Waals surface area contributed by atoms with E-state index in [1.54, 1.807) is 12.3 Å². The minimum Gasteiger partial charge on any atom is -0.282 e. The van der Waals surface area contributed by atoms with E-state index in [4.69, 9.17) is 11.6 Å². The summed E-state index contributed by atoms with van der Waals surface area (Å²) in [5, 5.41) is 0. The third-order valence-corrected chi connectivity index (χ3v) is 3.34. The van der Waals surface area contributed by atoms with Crippen molar-refractivity contribution in [3.05, 3.63) is 24.0 Å². The second kappa shape index (κ2) is 5.32. The lowest BCUT2D eigenvalue weighted by molar-refractivity contribution is 0.600. The van der Waals surface area contributed by atoms with Gasteiger partial charge >= 0.3 is 0 Å². The lowest BCUT2D eigenvalue weighted by Crippen LogP contribution is -2.17. The predicted molar refractivity (Wildman–Crippen MR) is 61.7 cm³/mol.